The van der Waals surface area contributed by atoms with Gasteiger partial charge in [0.25, 0.3) is 0 Å². The third-order valence-corrected chi connectivity index (χ3v) is 2.60. The molecule has 4 heteroatoms. The molecule has 0 unspecified atom stereocenters. The Labute approximate surface area is 94.9 Å². The SMILES string of the molecule is C[C@@H](O)CNCc1nc2ccccc2n1C. The Kier molecular flexibility index (Phi) is 3.22. The van der Waals surface area contributed by atoms with Crippen LogP contribution in [0.15, 0.2) is 24.3 Å². The van der Waals surface area contributed by atoms with Crippen LogP contribution in [0.2, 0.25) is 0 Å². The normalized spacial score (nSPS) is 13.2. The fraction of sp³-hybridized carbons (Fsp3) is 0.417. The van der Waals surface area contributed by atoms with Gasteiger partial charge in [-0.05, 0) is 19.1 Å². The zero-order chi connectivity index (χ0) is 11.5. The molecule has 0 spiro atoms. The second kappa shape index (κ2) is 4.63. The number of aliphatic hydroxyl groups is 1. The first-order chi connectivity index (χ1) is 7.68. The van der Waals surface area contributed by atoms with Crippen LogP contribution in [0.4, 0.5) is 0 Å². The van der Waals surface area contributed by atoms with Crippen LogP contribution in [0.5, 0.6) is 0 Å². The monoisotopic (exact) mass is 219 g/mol. The minimum absolute atomic E-state index is 0.324. The van der Waals surface area contributed by atoms with Gasteiger partial charge in [0.1, 0.15) is 5.82 Å². The minimum Gasteiger partial charge on any atom is -0.392 e. The molecule has 0 saturated carbocycles. The number of aryl methyl sites for hydroxylation is 1. The average Bonchev–Trinajstić information content (AvgIpc) is 2.56. The smallest absolute Gasteiger partial charge is 0.123 e. The third kappa shape index (κ3) is 2.23. The standard InChI is InChI=1S/C12H17N3O/c1-9(16)7-13-8-12-14-10-5-3-4-6-11(10)15(12)2/h3-6,9,13,16H,7-8H2,1-2H3/t9-/m1/s1. The van der Waals surface area contributed by atoms with E-state index in [4.69, 9.17) is 5.11 Å². The van der Waals surface area contributed by atoms with E-state index in [2.05, 4.69) is 20.9 Å². The number of fused-ring (bicyclic) bond motifs is 1. The molecule has 1 atom stereocenters. The number of benzene rings is 1. The van der Waals surface area contributed by atoms with Gasteiger partial charge in [0, 0.05) is 13.6 Å². The average molecular weight is 219 g/mol. The Balaban J connectivity index is 2.15. The topological polar surface area (TPSA) is 50.1 Å². The quantitative estimate of drug-likeness (QED) is 0.808. The summed E-state index contributed by atoms with van der Waals surface area (Å²) in [5.74, 6) is 0.988. The van der Waals surface area contributed by atoms with Crippen molar-refractivity contribution in [1.29, 1.82) is 0 Å². The van der Waals surface area contributed by atoms with Gasteiger partial charge in [0.2, 0.25) is 0 Å². The molecular weight excluding hydrogens is 202 g/mol. The van der Waals surface area contributed by atoms with Gasteiger partial charge in [-0.15, -0.1) is 0 Å². The molecule has 0 aliphatic heterocycles. The molecule has 0 aliphatic carbocycles. The van der Waals surface area contributed by atoms with E-state index in [1.165, 1.54) is 0 Å². The molecule has 1 aromatic heterocycles. The summed E-state index contributed by atoms with van der Waals surface area (Å²) in [4.78, 5) is 4.53. The van der Waals surface area contributed by atoms with Crippen LogP contribution < -0.4 is 5.32 Å². The maximum absolute atomic E-state index is 9.15. The first kappa shape index (κ1) is 11.1. The molecule has 2 rings (SSSR count). The summed E-state index contributed by atoms with van der Waals surface area (Å²) in [6, 6.07) is 8.06. The highest BCUT2D eigenvalue weighted by atomic mass is 16.3. The van der Waals surface area contributed by atoms with Gasteiger partial charge in [-0.25, -0.2) is 4.98 Å². The lowest BCUT2D eigenvalue weighted by molar-refractivity contribution is 0.190. The molecule has 0 fully saturated rings. The minimum atomic E-state index is -0.324. The fourth-order valence-corrected chi connectivity index (χ4v) is 1.75. The molecule has 0 aliphatic rings. The number of nitrogens with one attached hydrogen (secondary N) is 1. The highest BCUT2D eigenvalue weighted by Crippen LogP contribution is 2.13. The number of aliphatic hydroxyl groups excluding tert-OH is 1. The summed E-state index contributed by atoms with van der Waals surface area (Å²) in [5, 5.41) is 12.3. The van der Waals surface area contributed by atoms with Crippen LogP contribution in [0.3, 0.4) is 0 Å². The van der Waals surface area contributed by atoms with Gasteiger partial charge in [-0.1, -0.05) is 12.1 Å². The Bertz CT molecular complexity index is 476. The Morgan fingerprint density at radius 1 is 1.44 bits per heavy atom. The third-order valence-electron chi connectivity index (χ3n) is 2.60. The predicted octanol–water partition coefficient (Wildman–Crippen LogP) is 1.04. The number of hydrogen-bond acceptors (Lipinski definition) is 3. The first-order valence-corrected chi connectivity index (χ1v) is 5.47. The van der Waals surface area contributed by atoms with Crippen molar-refractivity contribution in [2.24, 2.45) is 7.05 Å². The predicted molar refractivity (Wildman–Crippen MR) is 64.1 cm³/mol. The molecule has 0 bridgehead atoms. The summed E-state index contributed by atoms with van der Waals surface area (Å²) >= 11 is 0. The van der Waals surface area contributed by atoms with Gasteiger partial charge in [-0.2, -0.15) is 0 Å². The zero-order valence-electron chi connectivity index (χ0n) is 9.64. The molecule has 0 radical (unpaired) electrons. The lowest BCUT2D eigenvalue weighted by atomic mass is 10.3. The van der Waals surface area contributed by atoms with E-state index in [1.807, 2.05) is 25.2 Å². The highest BCUT2D eigenvalue weighted by Gasteiger charge is 2.06. The summed E-state index contributed by atoms with van der Waals surface area (Å²) < 4.78 is 2.07. The summed E-state index contributed by atoms with van der Waals surface area (Å²) in [6.45, 7) is 3.03. The molecule has 2 N–H and O–H groups in total. The molecule has 86 valence electrons. The lowest BCUT2D eigenvalue weighted by Gasteiger charge is -2.06. The summed E-state index contributed by atoms with van der Waals surface area (Å²) in [7, 11) is 2.01. The van der Waals surface area contributed by atoms with Crippen LogP contribution in [0.1, 0.15) is 12.7 Å². The molecular formula is C12H17N3O. The van der Waals surface area contributed by atoms with Gasteiger partial charge in [0.15, 0.2) is 0 Å². The van der Waals surface area contributed by atoms with E-state index in [9.17, 15) is 0 Å². The number of hydrogen-bond donors (Lipinski definition) is 2. The van der Waals surface area contributed by atoms with Crippen LogP contribution in [-0.2, 0) is 13.6 Å². The second-order valence-corrected chi connectivity index (χ2v) is 4.06. The number of para-hydroxylation sites is 2. The molecule has 0 amide bonds. The number of aromatic nitrogens is 2. The molecule has 0 saturated heterocycles. The maximum Gasteiger partial charge on any atom is 0.123 e. The molecule has 16 heavy (non-hydrogen) atoms. The van der Waals surface area contributed by atoms with Gasteiger partial charge in [-0.3, -0.25) is 0 Å². The van der Waals surface area contributed by atoms with Crippen molar-refractivity contribution in [2.45, 2.75) is 19.6 Å². The van der Waals surface area contributed by atoms with Crippen molar-refractivity contribution >= 4 is 11.0 Å². The maximum atomic E-state index is 9.15. The summed E-state index contributed by atoms with van der Waals surface area (Å²) in [6.07, 6.45) is -0.324. The van der Waals surface area contributed by atoms with E-state index in [-0.39, 0.29) is 6.10 Å². The van der Waals surface area contributed by atoms with Crippen molar-refractivity contribution in [3.05, 3.63) is 30.1 Å². The molecule has 4 nitrogen and oxygen atoms in total. The number of imidazole rings is 1. The van der Waals surface area contributed by atoms with Gasteiger partial charge in [0.05, 0.1) is 23.7 Å². The van der Waals surface area contributed by atoms with Crippen molar-refractivity contribution in [1.82, 2.24) is 14.9 Å². The fourth-order valence-electron chi connectivity index (χ4n) is 1.75. The van der Waals surface area contributed by atoms with Crippen molar-refractivity contribution in [3.63, 3.8) is 0 Å². The molecule has 1 aromatic carbocycles. The van der Waals surface area contributed by atoms with Crippen molar-refractivity contribution < 1.29 is 5.11 Å². The van der Waals surface area contributed by atoms with Crippen LogP contribution >= 0.6 is 0 Å². The van der Waals surface area contributed by atoms with E-state index in [0.717, 1.165) is 16.9 Å². The van der Waals surface area contributed by atoms with Gasteiger partial charge >= 0.3 is 0 Å². The Hall–Kier alpha value is -1.39. The number of rotatable bonds is 4. The second-order valence-electron chi connectivity index (χ2n) is 4.06. The van der Waals surface area contributed by atoms with E-state index in [0.29, 0.717) is 13.1 Å². The van der Waals surface area contributed by atoms with Crippen molar-refractivity contribution in [3.8, 4) is 0 Å². The van der Waals surface area contributed by atoms with E-state index in [1.54, 1.807) is 6.92 Å². The van der Waals surface area contributed by atoms with Crippen molar-refractivity contribution in [2.75, 3.05) is 6.54 Å². The van der Waals surface area contributed by atoms with E-state index >= 15 is 0 Å². The molecule has 2 aromatic rings. The first-order valence-electron chi connectivity index (χ1n) is 5.47. The lowest BCUT2D eigenvalue weighted by Crippen LogP contribution is -2.25. The van der Waals surface area contributed by atoms with Gasteiger partial charge < -0.3 is 15.0 Å². The summed E-state index contributed by atoms with van der Waals surface area (Å²) in [5.41, 5.74) is 2.15. The Morgan fingerprint density at radius 3 is 2.88 bits per heavy atom. The number of nitrogens with zero attached hydrogens (tertiary/aromatic N) is 2. The Morgan fingerprint density at radius 2 is 2.19 bits per heavy atom. The van der Waals surface area contributed by atoms with Crippen LogP contribution in [0.25, 0.3) is 11.0 Å². The van der Waals surface area contributed by atoms with Crippen LogP contribution in [-0.4, -0.2) is 27.3 Å². The zero-order valence-corrected chi connectivity index (χ0v) is 9.64. The molecule has 1 heterocycles. The highest BCUT2D eigenvalue weighted by molar-refractivity contribution is 5.75. The largest absolute Gasteiger partial charge is 0.392 e. The van der Waals surface area contributed by atoms with Crippen LogP contribution in [0, 0.1) is 0 Å². The van der Waals surface area contributed by atoms with E-state index < -0.39 is 0 Å².